The van der Waals surface area contributed by atoms with Crippen molar-refractivity contribution >= 4 is 23.5 Å². The van der Waals surface area contributed by atoms with Gasteiger partial charge in [0.25, 0.3) is 0 Å². The Bertz CT molecular complexity index is 598. The van der Waals surface area contributed by atoms with Crippen molar-refractivity contribution in [1.29, 1.82) is 0 Å². The Hall–Kier alpha value is -1.99. The number of likely N-dealkylation sites (tertiary alicyclic amines) is 1. The minimum absolute atomic E-state index is 0.193. The maximum Gasteiger partial charge on any atom is 0.245 e. The van der Waals surface area contributed by atoms with Crippen LogP contribution in [0.5, 0.6) is 0 Å². The molecule has 0 aromatic carbocycles. The number of carbonyl (C=O) groups excluding carboxylic acids is 4. The normalized spacial score (nSPS) is 20.6. The zero-order valence-electron chi connectivity index (χ0n) is 18.1. The summed E-state index contributed by atoms with van der Waals surface area (Å²) in [6.45, 7) is 6.29. The predicted molar refractivity (Wildman–Crippen MR) is 108 cm³/mol. The molecule has 1 fully saturated rings. The number of primary amides is 1. The van der Waals surface area contributed by atoms with Crippen molar-refractivity contribution in [2.45, 2.75) is 78.3 Å². The molecule has 3 N–H and O–H groups in total. The Morgan fingerprint density at radius 3 is 2.34 bits per heavy atom. The van der Waals surface area contributed by atoms with Crippen molar-refractivity contribution in [1.82, 2.24) is 10.2 Å². The number of nitrogens with zero attached hydrogens (tertiary/aromatic N) is 1. The number of ketones is 1. The van der Waals surface area contributed by atoms with Crippen LogP contribution in [0.4, 0.5) is 4.39 Å². The van der Waals surface area contributed by atoms with E-state index in [9.17, 15) is 23.6 Å². The lowest BCUT2D eigenvalue weighted by Crippen LogP contribution is -2.52. The molecule has 1 heterocycles. The fraction of sp³-hybridized carbons (Fsp3) is 0.810. The second-order valence-corrected chi connectivity index (χ2v) is 8.00. The van der Waals surface area contributed by atoms with Crippen molar-refractivity contribution in [3.8, 4) is 0 Å². The maximum atomic E-state index is 14.0. The van der Waals surface area contributed by atoms with E-state index < -0.39 is 42.4 Å². The van der Waals surface area contributed by atoms with Crippen LogP contribution in [0.2, 0.25) is 0 Å². The summed E-state index contributed by atoms with van der Waals surface area (Å²) in [5.41, 5.74) is 5.48. The van der Waals surface area contributed by atoms with Crippen LogP contribution < -0.4 is 11.1 Å². The number of rotatable bonds is 12. The van der Waals surface area contributed by atoms with E-state index in [1.165, 1.54) is 11.8 Å². The van der Waals surface area contributed by atoms with Gasteiger partial charge in [0, 0.05) is 31.2 Å². The van der Waals surface area contributed by atoms with Crippen LogP contribution in [0.1, 0.15) is 66.2 Å². The van der Waals surface area contributed by atoms with Gasteiger partial charge in [0.05, 0.1) is 12.7 Å². The molecule has 0 aromatic rings. The van der Waals surface area contributed by atoms with Gasteiger partial charge in [-0.3, -0.25) is 23.6 Å². The molecule has 1 aliphatic rings. The smallest absolute Gasteiger partial charge is 0.245 e. The van der Waals surface area contributed by atoms with Gasteiger partial charge in [-0.2, -0.15) is 0 Å². The number of hydrogen-bond donors (Lipinski definition) is 2. The lowest BCUT2D eigenvalue weighted by Gasteiger charge is -2.34. The Morgan fingerprint density at radius 1 is 1.21 bits per heavy atom. The van der Waals surface area contributed by atoms with Gasteiger partial charge in [-0.05, 0) is 32.6 Å². The van der Waals surface area contributed by atoms with Crippen molar-refractivity contribution in [3.05, 3.63) is 0 Å². The van der Waals surface area contributed by atoms with Gasteiger partial charge in [0.2, 0.25) is 17.7 Å². The summed E-state index contributed by atoms with van der Waals surface area (Å²) in [6.07, 6.45) is 3.57. The number of unbranched alkanes of at least 4 members (excludes halogenated alkanes) is 1. The topological polar surface area (TPSA) is 110 Å². The fourth-order valence-electron chi connectivity index (χ4n) is 4.39. The van der Waals surface area contributed by atoms with Crippen LogP contribution in [0.15, 0.2) is 0 Å². The van der Waals surface area contributed by atoms with Gasteiger partial charge in [-0.25, -0.2) is 0 Å². The molecular formula is C21H36FN3O4. The first-order valence-corrected chi connectivity index (χ1v) is 10.7. The van der Waals surface area contributed by atoms with E-state index >= 15 is 0 Å². The van der Waals surface area contributed by atoms with Crippen molar-refractivity contribution in [2.75, 3.05) is 13.2 Å². The molecule has 0 aliphatic carbocycles. The number of carbonyl (C=O) groups is 4. The van der Waals surface area contributed by atoms with E-state index in [1.54, 1.807) is 13.8 Å². The minimum Gasteiger partial charge on any atom is -0.369 e. The second-order valence-electron chi connectivity index (χ2n) is 8.00. The summed E-state index contributed by atoms with van der Waals surface area (Å²) in [5.74, 6) is -3.57. The molecule has 0 saturated carbocycles. The summed E-state index contributed by atoms with van der Waals surface area (Å²) in [4.78, 5) is 50.9. The summed E-state index contributed by atoms with van der Waals surface area (Å²) in [6, 6.07) is -1.39. The minimum atomic E-state index is -0.801. The largest absolute Gasteiger partial charge is 0.369 e. The Labute approximate surface area is 172 Å². The molecule has 7 nitrogen and oxygen atoms in total. The van der Waals surface area contributed by atoms with Gasteiger partial charge in [-0.15, -0.1) is 0 Å². The molecule has 0 aromatic heterocycles. The molecule has 0 bridgehead atoms. The number of alkyl halides is 1. The first-order chi connectivity index (χ1) is 13.7. The summed E-state index contributed by atoms with van der Waals surface area (Å²) in [5, 5.41) is 2.56. The van der Waals surface area contributed by atoms with Crippen LogP contribution >= 0.6 is 0 Å². The number of hydrogen-bond acceptors (Lipinski definition) is 4. The molecule has 8 heteroatoms. The van der Waals surface area contributed by atoms with Crippen LogP contribution in [0.25, 0.3) is 0 Å². The number of amides is 3. The summed E-state index contributed by atoms with van der Waals surface area (Å²) >= 11 is 0. The van der Waals surface area contributed by atoms with Crippen molar-refractivity contribution in [3.63, 3.8) is 0 Å². The van der Waals surface area contributed by atoms with Crippen molar-refractivity contribution in [2.24, 2.45) is 23.5 Å². The molecule has 5 atom stereocenters. The van der Waals surface area contributed by atoms with Crippen molar-refractivity contribution < 1.29 is 23.6 Å². The first-order valence-electron chi connectivity index (χ1n) is 10.7. The van der Waals surface area contributed by atoms with E-state index in [1.807, 2.05) is 6.92 Å². The highest BCUT2D eigenvalue weighted by Gasteiger charge is 2.43. The predicted octanol–water partition coefficient (Wildman–Crippen LogP) is 1.97. The lowest BCUT2D eigenvalue weighted by atomic mass is 9.74. The quantitative estimate of drug-likeness (QED) is 0.510. The third-order valence-electron chi connectivity index (χ3n) is 5.91. The van der Waals surface area contributed by atoms with Gasteiger partial charge < -0.3 is 16.0 Å². The molecule has 0 radical (unpaired) electrons. The van der Waals surface area contributed by atoms with Gasteiger partial charge in [0.15, 0.2) is 5.78 Å². The van der Waals surface area contributed by atoms with Crippen LogP contribution in [0, 0.1) is 17.8 Å². The monoisotopic (exact) mass is 413 g/mol. The Kier molecular flexibility index (Phi) is 10.3. The van der Waals surface area contributed by atoms with Crippen LogP contribution in [-0.4, -0.2) is 53.7 Å². The average Bonchev–Trinajstić information content (AvgIpc) is 3.15. The highest BCUT2D eigenvalue weighted by molar-refractivity contribution is 5.94. The fourth-order valence-corrected chi connectivity index (χ4v) is 4.39. The SMILES string of the molecule is CCCCC(C(=O)[C@@H]1CCCN1C(=O)[C@H](C)NC(C)=O)C(CF)C(CC)C(N)=O. The van der Waals surface area contributed by atoms with Crippen LogP contribution in [-0.2, 0) is 19.2 Å². The molecule has 1 rings (SSSR count). The highest BCUT2D eigenvalue weighted by atomic mass is 19.1. The molecule has 1 aliphatic heterocycles. The zero-order valence-corrected chi connectivity index (χ0v) is 18.1. The summed E-state index contributed by atoms with van der Waals surface area (Å²) in [7, 11) is 0. The van der Waals surface area contributed by atoms with Crippen LogP contribution in [0.3, 0.4) is 0 Å². The third kappa shape index (κ3) is 6.51. The Morgan fingerprint density at radius 2 is 1.86 bits per heavy atom. The summed E-state index contributed by atoms with van der Waals surface area (Å²) < 4.78 is 14.0. The Balaban J connectivity index is 3.11. The van der Waals surface area contributed by atoms with Gasteiger partial charge in [0.1, 0.15) is 6.04 Å². The molecular weight excluding hydrogens is 377 g/mol. The maximum absolute atomic E-state index is 14.0. The standard InChI is InChI=1S/C21H36FN3O4/c1-5-7-9-16(17(12-22)15(6-2)20(23)28)19(27)18-10-8-11-25(18)21(29)13(3)24-14(4)26/h13,15-18H,5-12H2,1-4H3,(H2,23,28)(H,24,26)/t13-,15?,16?,17?,18-/m0/s1. The third-order valence-corrected chi connectivity index (χ3v) is 5.91. The average molecular weight is 414 g/mol. The zero-order chi connectivity index (χ0) is 22.1. The van der Waals surface area contributed by atoms with Gasteiger partial charge in [-0.1, -0.05) is 26.7 Å². The van der Waals surface area contributed by atoms with E-state index in [0.717, 1.165) is 12.8 Å². The molecule has 166 valence electrons. The van der Waals surface area contributed by atoms with E-state index in [0.29, 0.717) is 32.2 Å². The number of nitrogens with one attached hydrogen (secondary N) is 1. The molecule has 1 saturated heterocycles. The van der Waals surface area contributed by atoms with Gasteiger partial charge >= 0.3 is 0 Å². The lowest BCUT2D eigenvalue weighted by molar-refractivity contribution is -0.143. The number of halogens is 1. The molecule has 0 spiro atoms. The highest BCUT2D eigenvalue weighted by Crippen LogP contribution is 2.33. The van der Waals surface area contributed by atoms with E-state index in [-0.39, 0.29) is 17.6 Å². The van der Waals surface area contributed by atoms with E-state index in [2.05, 4.69) is 5.32 Å². The first kappa shape index (κ1) is 25.0. The number of nitrogens with two attached hydrogens (primary N) is 1. The molecule has 3 unspecified atom stereocenters. The number of Topliss-reactive ketones (excluding diaryl/α,β-unsaturated/α-hetero) is 1. The second kappa shape index (κ2) is 11.9. The molecule has 29 heavy (non-hydrogen) atoms. The van der Waals surface area contributed by atoms with E-state index in [4.69, 9.17) is 5.73 Å². The molecule has 3 amide bonds.